The van der Waals surface area contributed by atoms with E-state index in [1.165, 1.54) is 0 Å². The average molecular weight is 352 g/mol. The van der Waals surface area contributed by atoms with Gasteiger partial charge in [-0.2, -0.15) is 0 Å². The van der Waals surface area contributed by atoms with Crippen molar-refractivity contribution < 1.29 is 18.8 Å². The normalized spacial score (nSPS) is 18.6. The Labute approximate surface area is 148 Å². The highest BCUT2D eigenvalue weighted by Gasteiger charge is 2.26. The summed E-state index contributed by atoms with van der Waals surface area (Å²) in [5, 5.41) is 9.25. The number of hydrogen-bond acceptors (Lipinski definition) is 6. The first-order chi connectivity index (χ1) is 11.7. The quantitative estimate of drug-likeness (QED) is 0.844. The van der Waals surface area contributed by atoms with Gasteiger partial charge < -0.3 is 14.6 Å². The fraction of sp³-hybridized carbons (Fsp3) is 0.706. The Hall–Kier alpha value is -2.09. The summed E-state index contributed by atoms with van der Waals surface area (Å²) in [5.74, 6) is 0.197. The third-order valence-corrected chi connectivity index (χ3v) is 3.87. The number of likely N-dealkylation sites (tertiary alicyclic amines) is 1. The Bertz CT molecular complexity index is 594. The minimum Gasteiger partial charge on any atom is -0.444 e. The molecule has 0 bridgehead atoms. The first-order valence-electron chi connectivity index (χ1n) is 8.67. The maximum Gasteiger partial charge on any atom is 0.407 e. The van der Waals surface area contributed by atoms with Gasteiger partial charge in [-0.25, -0.2) is 4.79 Å². The highest BCUT2D eigenvalue weighted by Crippen LogP contribution is 2.17. The van der Waals surface area contributed by atoms with E-state index in [0.29, 0.717) is 18.1 Å². The van der Waals surface area contributed by atoms with E-state index in [9.17, 15) is 9.59 Å². The van der Waals surface area contributed by atoms with E-state index in [-0.39, 0.29) is 18.5 Å². The molecule has 2 rings (SSSR count). The molecule has 1 aromatic rings. The van der Waals surface area contributed by atoms with Crippen LogP contribution in [0.3, 0.4) is 0 Å². The molecule has 2 heterocycles. The van der Waals surface area contributed by atoms with E-state index in [4.69, 9.17) is 9.26 Å². The number of nitrogens with one attached hydrogen (secondary N) is 2. The second-order valence-electron chi connectivity index (χ2n) is 7.38. The Morgan fingerprint density at radius 2 is 2.16 bits per heavy atom. The Balaban J connectivity index is 1.83. The molecule has 0 saturated carbocycles. The summed E-state index contributed by atoms with van der Waals surface area (Å²) in [5.41, 5.74) is 0.193. The molecule has 1 aromatic heterocycles. The van der Waals surface area contributed by atoms with E-state index in [2.05, 4.69) is 20.7 Å². The topological polar surface area (TPSA) is 96.7 Å². The van der Waals surface area contributed by atoms with Crippen molar-refractivity contribution in [3.63, 3.8) is 0 Å². The van der Waals surface area contributed by atoms with Crippen molar-refractivity contribution in [2.75, 3.05) is 25.0 Å². The molecule has 0 aromatic carbocycles. The van der Waals surface area contributed by atoms with Crippen molar-refractivity contribution in [2.24, 2.45) is 0 Å². The number of piperidine rings is 1. The lowest BCUT2D eigenvalue weighted by molar-refractivity contribution is -0.118. The summed E-state index contributed by atoms with van der Waals surface area (Å²) in [6, 6.07) is 1.79. The molecule has 1 unspecified atom stereocenters. The third kappa shape index (κ3) is 6.74. The van der Waals surface area contributed by atoms with Crippen LogP contribution >= 0.6 is 0 Å². The van der Waals surface area contributed by atoms with E-state index in [0.717, 1.165) is 25.8 Å². The van der Waals surface area contributed by atoms with Gasteiger partial charge >= 0.3 is 6.09 Å². The van der Waals surface area contributed by atoms with Crippen LogP contribution in [0, 0.1) is 6.92 Å². The maximum absolute atomic E-state index is 12.2. The number of hydrogen-bond donors (Lipinski definition) is 2. The molecule has 25 heavy (non-hydrogen) atoms. The monoisotopic (exact) mass is 352 g/mol. The van der Waals surface area contributed by atoms with Gasteiger partial charge in [0.25, 0.3) is 0 Å². The molecule has 2 amide bonds. The summed E-state index contributed by atoms with van der Waals surface area (Å²) >= 11 is 0. The van der Waals surface area contributed by atoms with Crippen LogP contribution in [0.25, 0.3) is 0 Å². The fourth-order valence-corrected chi connectivity index (χ4v) is 2.80. The summed E-state index contributed by atoms with van der Waals surface area (Å²) in [7, 11) is 0. The van der Waals surface area contributed by atoms with E-state index < -0.39 is 11.7 Å². The molecular weight excluding hydrogens is 324 g/mol. The minimum atomic E-state index is -0.522. The summed E-state index contributed by atoms with van der Waals surface area (Å²) in [6.07, 6.45) is 2.63. The number of aryl methyl sites for hydroxylation is 1. The predicted molar refractivity (Wildman–Crippen MR) is 93.3 cm³/mol. The van der Waals surface area contributed by atoms with Gasteiger partial charge in [0.15, 0.2) is 0 Å². The number of amides is 2. The van der Waals surface area contributed by atoms with Crippen molar-refractivity contribution in [3.05, 3.63) is 11.8 Å². The lowest BCUT2D eigenvalue weighted by atomic mass is 10.0. The van der Waals surface area contributed by atoms with E-state index >= 15 is 0 Å². The molecule has 2 N–H and O–H groups in total. The van der Waals surface area contributed by atoms with Gasteiger partial charge in [0.2, 0.25) is 11.8 Å². The van der Waals surface area contributed by atoms with Crippen LogP contribution in [0.4, 0.5) is 10.7 Å². The lowest BCUT2D eigenvalue weighted by Crippen LogP contribution is -2.49. The number of anilines is 1. The second kappa shape index (κ2) is 8.33. The van der Waals surface area contributed by atoms with Gasteiger partial charge in [0.1, 0.15) is 5.60 Å². The van der Waals surface area contributed by atoms with Crippen molar-refractivity contribution in [1.82, 2.24) is 15.4 Å². The Morgan fingerprint density at radius 1 is 1.40 bits per heavy atom. The molecule has 140 valence electrons. The average Bonchev–Trinajstić information content (AvgIpc) is 2.89. The Morgan fingerprint density at radius 3 is 2.80 bits per heavy atom. The molecule has 1 fully saturated rings. The molecule has 1 atom stereocenters. The number of carbonyl (C=O) groups is 2. The van der Waals surface area contributed by atoms with Crippen molar-refractivity contribution >= 4 is 17.9 Å². The van der Waals surface area contributed by atoms with Crippen LogP contribution in [-0.4, -0.2) is 53.3 Å². The van der Waals surface area contributed by atoms with Crippen LogP contribution in [0.15, 0.2) is 10.6 Å². The summed E-state index contributed by atoms with van der Waals surface area (Å²) < 4.78 is 10.3. The Kier molecular flexibility index (Phi) is 6.41. The van der Waals surface area contributed by atoms with E-state index in [1.54, 1.807) is 13.0 Å². The van der Waals surface area contributed by atoms with Crippen LogP contribution in [0.1, 0.15) is 45.7 Å². The number of alkyl carbamates (subject to hydrolysis) is 1. The van der Waals surface area contributed by atoms with Crippen LogP contribution < -0.4 is 10.6 Å². The molecule has 0 aliphatic carbocycles. The smallest absolute Gasteiger partial charge is 0.407 e. The molecular formula is C17H28N4O4. The van der Waals surface area contributed by atoms with Crippen LogP contribution in [0.5, 0.6) is 0 Å². The molecule has 0 radical (unpaired) electrons. The maximum atomic E-state index is 12.2. The van der Waals surface area contributed by atoms with Crippen LogP contribution in [0.2, 0.25) is 0 Å². The molecule has 0 spiro atoms. The van der Waals surface area contributed by atoms with E-state index in [1.807, 2.05) is 20.8 Å². The van der Waals surface area contributed by atoms with Gasteiger partial charge in [-0.15, -0.1) is 0 Å². The largest absolute Gasteiger partial charge is 0.444 e. The number of ether oxygens (including phenoxy) is 1. The van der Waals surface area contributed by atoms with Crippen molar-refractivity contribution in [1.29, 1.82) is 0 Å². The summed E-state index contributed by atoms with van der Waals surface area (Å²) in [4.78, 5) is 26.1. The third-order valence-electron chi connectivity index (χ3n) is 3.87. The molecule has 8 nitrogen and oxygen atoms in total. The SMILES string of the molecule is Cc1cc(NC(=O)CN2CCCCC2CNC(=O)OC(C)(C)C)on1. The first kappa shape index (κ1) is 19.2. The number of carbonyl (C=O) groups excluding carboxylic acids is 2. The number of rotatable bonds is 5. The molecule has 1 saturated heterocycles. The van der Waals surface area contributed by atoms with Gasteiger partial charge in [-0.1, -0.05) is 11.6 Å². The first-order valence-corrected chi connectivity index (χ1v) is 8.67. The van der Waals surface area contributed by atoms with Crippen molar-refractivity contribution in [3.8, 4) is 0 Å². The predicted octanol–water partition coefficient (Wildman–Crippen LogP) is 2.30. The zero-order valence-corrected chi connectivity index (χ0v) is 15.4. The lowest BCUT2D eigenvalue weighted by Gasteiger charge is -2.35. The summed E-state index contributed by atoms with van der Waals surface area (Å²) in [6.45, 7) is 8.81. The zero-order valence-electron chi connectivity index (χ0n) is 15.4. The number of aromatic nitrogens is 1. The standard InChI is InChI=1S/C17H28N4O4/c1-12-9-15(25-20-12)19-14(22)11-21-8-6-5-7-13(21)10-18-16(23)24-17(2,3)4/h9,13H,5-8,10-11H2,1-4H3,(H,18,23)(H,19,22). The van der Waals surface area contributed by atoms with Gasteiger partial charge in [0.05, 0.1) is 12.2 Å². The number of nitrogens with zero attached hydrogens (tertiary/aromatic N) is 2. The van der Waals surface area contributed by atoms with Gasteiger partial charge in [-0.3, -0.25) is 15.0 Å². The molecule has 1 aliphatic heterocycles. The second-order valence-corrected chi connectivity index (χ2v) is 7.38. The van der Waals surface area contributed by atoms with Crippen molar-refractivity contribution in [2.45, 2.75) is 58.6 Å². The minimum absolute atomic E-state index is 0.114. The highest BCUT2D eigenvalue weighted by atomic mass is 16.6. The molecule has 1 aliphatic rings. The molecule has 8 heteroatoms. The fourth-order valence-electron chi connectivity index (χ4n) is 2.80. The highest BCUT2D eigenvalue weighted by molar-refractivity contribution is 5.91. The van der Waals surface area contributed by atoms with Gasteiger partial charge in [0, 0.05) is 18.7 Å². The van der Waals surface area contributed by atoms with Gasteiger partial charge in [-0.05, 0) is 47.1 Å². The zero-order chi connectivity index (χ0) is 18.4. The van der Waals surface area contributed by atoms with Crippen LogP contribution in [-0.2, 0) is 9.53 Å².